The number of ether oxygens (including phenoxy) is 2. The van der Waals surface area contributed by atoms with E-state index in [2.05, 4.69) is 0 Å². The van der Waals surface area contributed by atoms with Crippen molar-refractivity contribution >= 4 is 29.0 Å². The fourth-order valence-electron chi connectivity index (χ4n) is 2.27. The molecule has 1 aliphatic heterocycles. The molecular weight excluding hydrogens is 318 g/mol. The van der Waals surface area contributed by atoms with E-state index in [1.165, 1.54) is 11.3 Å². The lowest BCUT2D eigenvalue weighted by molar-refractivity contribution is -0.154. The molecular formula is C16H21NO5S. The molecule has 0 radical (unpaired) electrons. The molecule has 1 aromatic heterocycles. The van der Waals surface area contributed by atoms with E-state index in [1.54, 1.807) is 11.0 Å². The number of morpholine rings is 1. The molecule has 1 amide bonds. The van der Waals surface area contributed by atoms with Crippen LogP contribution in [0.2, 0.25) is 0 Å². The maximum absolute atomic E-state index is 11.9. The highest BCUT2D eigenvalue weighted by Gasteiger charge is 2.22. The van der Waals surface area contributed by atoms with Crippen molar-refractivity contribution < 1.29 is 23.9 Å². The van der Waals surface area contributed by atoms with Gasteiger partial charge >= 0.3 is 5.97 Å². The van der Waals surface area contributed by atoms with E-state index >= 15 is 0 Å². The van der Waals surface area contributed by atoms with Gasteiger partial charge in [-0.1, -0.05) is 0 Å². The van der Waals surface area contributed by atoms with Crippen molar-refractivity contribution in [2.24, 2.45) is 0 Å². The standard InChI is InChI=1S/C16H21NO5S/c1-11-9-17(7-8-21-11)15(19)10-22-16(20)6-4-13(18)14-5-3-12(2)23-14/h3,5,11H,4,6-10H2,1-2H3. The van der Waals surface area contributed by atoms with E-state index in [0.717, 1.165) is 4.88 Å². The number of hydrogen-bond acceptors (Lipinski definition) is 6. The van der Waals surface area contributed by atoms with Gasteiger partial charge in [0.2, 0.25) is 0 Å². The van der Waals surface area contributed by atoms with E-state index in [9.17, 15) is 14.4 Å². The van der Waals surface area contributed by atoms with Gasteiger partial charge < -0.3 is 14.4 Å². The molecule has 1 aromatic rings. The fourth-order valence-corrected chi connectivity index (χ4v) is 3.11. The molecule has 1 unspecified atom stereocenters. The Hall–Kier alpha value is -1.73. The number of thiophene rings is 1. The summed E-state index contributed by atoms with van der Waals surface area (Å²) in [6, 6.07) is 3.63. The average molecular weight is 339 g/mol. The first kappa shape index (κ1) is 17.6. The number of Topliss-reactive ketones (excluding diaryl/α,β-unsaturated/α-hetero) is 1. The number of hydrogen-bond donors (Lipinski definition) is 0. The quantitative estimate of drug-likeness (QED) is 0.584. The van der Waals surface area contributed by atoms with Crippen LogP contribution in [-0.2, 0) is 19.1 Å². The maximum Gasteiger partial charge on any atom is 0.306 e. The van der Waals surface area contributed by atoms with Crippen LogP contribution in [0.1, 0.15) is 34.3 Å². The summed E-state index contributed by atoms with van der Waals surface area (Å²) < 4.78 is 10.3. The Balaban J connectivity index is 1.68. The van der Waals surface area contributed by atoms with Crippen LogP contribution in [-0.4, -0.2) is 55.0 Å². The molecule has 0 aromatic carbocycles. The number of carbonyl (C=O) groups excluding carboxylic acids is 3. The van der Waals surface area contributed by atoms with Gasteiger partial charge in [-0.05, 0) is 26.0 Å². The van der Waals surface area contributed by atoms with Gasteiger partial charge in [0.25, 0.3) is 5.91 Å². The second-order valence-corrected chi connectivity index (χ2v) is 6.80. The molecule has 6 nitrogen and oxygen atoms in total. The normalized spacial score (nSPS) is 17.8. The van der Waals surface area contributed by atoms with Crippen molar-refractivity contribution in [2.45, 2.75) is 32.8 Å². The summed E-state index contributed by atoms with van der Waals surface area (Å²) in [6.07, 6.45) is 0.0831. The highest BCUT2D eigenvalue weighted by molar-refractivity contribution is 7.14. The summed E-state index contributed by atoms with van der Waals surface area (Å²) >= 11 is 1.41. The highest BCUT2D eigenvalue weighted by Crippen LogP contribution is 2.17. The summed E-state index contributed by atoms with van der Waals surface area (Å²) in [5.74, 6) is -0.830. The summed E-state index contributed by atoms with van der Waals surface area (Å²) in [7, 11) is 0. The molecule has 1 saturated heterocycles. The van der Waals surface area contributed by atoms with Crippen molar-refractivity contribution in [1.82, 2.24) is 4.90 Å². The number of aryl methyl sites for hydroxylation is 1. The lowest BCUT2D eigenvalue weighted by atomic mass is 10.2. The van der Waals surface area contributed by atoms with Crippen molar-refractivity contribution in [2.75, 3.05) is 26.3 Å². The Morgan fingerprint density at radius 2 is 2.13 bits per heavy atom. The Kier molecular flexibility index (Phi) is 6.29. The van der Waals surface area contributed by atoms with Gasteiger partial charge in [-0.3, -0.25) is 14.4 Å². The number of carbonyl (C=O) groups is 3. The smallest absolute Gasteiger partial charge is 0.306 e. The molecule has 1 aliphatic rings. The molecule has 1 atom stereocenters. The first-order valence-electron chi connectivity index (χ1n) is 7.60. The predicted molar refractivity (Wildman–Crippen MR) is 85.6 cm³/mol. The second kappa shape index (κ2) is 8.21. The number of ketones is 1. The zero-order valence-corrected chi connectivity index (χ0v) is 14.2. The molecule has 0 aliphatic carbocycles. The Bertz CT molecular complexity index is 583. The fraction of sp³-hybridized carbons (Fsp3) is 0.562. The topological polar surface area (TPSA) is 72.9 Å². The third-order valence-electron chi connectivity index (χ3n) is 3.52. The lowest BCUT2D eigenvalue weighted by Gasteiger charge is -2.30. The van der Waals surface area contributed by atoms with Crippen LogP contribution < -0.4 is 0 Å². The summed E-state index contributed by atoms with van der Waals surface area (Å²) in [6.45, 7) is 5.05. The van der Waals surface area contributed by atoms with Gasteiger partial charge in [0.05, 0.1) is 24.0 Å². The van der Waals surface area contributed by atoms with Crippen LogP contribution in [0.25, 0.3) is 0 Å². The van der Waals surface area contributed by atoms with Crippen LogP contribution in [0.4, 0.5) is 0 Å². The average Bonchev–Trinajstić information content (AvgIpc) is 2.96. The van der Waals surface area contributed by atoms with Crippen LogP contribution in [0.3, 0.4) is 0 Å². The molecule has 0 bridgehead atoms. The maximum atomic E-state index is 11.9. The minimum absolute atomic E-state index is 0.00437. The molecule has 126 valence electrons. The molecule has 0 saturated carbocycles. The van der Waals surface area contributed by atoms with E-state index in [4.69, 9.17) is 9.47 Å². The van der Waals surface area contributed by atoms with Gasteiger partial charge in [0.1, 0.15) is 0 Å². The summed E-state index contributed by atoms with van der Waals surface area (Å²) in [5.41, 5.74) is 0. The third kappa shape index (κ3) is 5.44. The second-order valence-electron chi connectivity index (χ2n) is 5.52. The Morgan fingerprint density at radius 1 is 1.35 bits per heavy atom. The number of rotatable bonds is 6. The SMILES string of the molecule is Cc1ccc(C(=O)CCC(=O)OCC(=O)N2CCOC(C)C2)s1. The zero-order chi connectivity index (χ0) is 16.8. The van der Waals surface area contributed by atoms with E-state index in [0.29, 0.717) is 24.6 Å². The van der Waals surface area contributed by atoms with E-state index < -0.39 is 5.97 Å². The van der Waals surface area contributed by atoms with Crippen LogP contribution >= 0.6 is 11.3 Å². The largest absolute Gasteiger partial charge is 0.456 e. The third-order valence-corrected chi connectivity index (χ3v) is 4.56. The van der Waals surface area contributed by atoms with Crippen molar-refractivity contribution in [3.8, 4) is 0 Å². The molecule has 2 rings (SSSR count). The minimum Gasteiger partial charge on any atom is -0.456 e. The zero-order valence-electron chi connectivity index (χ0n) is 13.4. The minimum atomic E-state index is -0.527. The van der Waals surface area contributed by atoms with Crippen LogP contribution in [0.5, 0.6) is 0 Å². The van der Waals surface area contributed by atoms with Gasteiger partial charge in [0.15, 0.2) is 12.4 Å². The highest BCUT2D eigenvalue weighted by atomic mass is 32.1. The molecule has 1 fully saturated rings. The molecule has 23 heavy (non-hydrogen) atoms. The van der Waals surface area contributed by atoms with Crippen molar-refractivity contribution in [3.63, 3.8) is 0 Å². The first-order valence-corrected chi connectivity index (χ1v) is 8.42. The molecule has 0 N–H and O–H groups in total. The van der Waals surface area contributed by atoms with Crippen molar-refractivity contribution in [1.29, 1.82) is 0 Å². The molecule has 2 heterocycles. The van der Waals surface area contributed by atoms with E-state index in [1.807, 2.05) is 19.9 Å². The number of nitrogens with zero attached hydrogens (tertiary/aromatic N) is 1. The number of amides is 1. The predicted octanol–water partition coefficient (Wildman–Crippen LogP) is 1.81. The summed E-state index contributed by atoms with van der Waals surface area (Å²) in [4.78, 5) is 38.8. The van der Waals surface area contributed by atoms with E-state index in [-0.39, 0.29) is 37.2 Å². The van der Waals surface area contributed by atoms with Crippen LogP contribution in [0.15, 0.2) is 12.1 Å². The van der Waals surface area contributed by atoms with Gasteiger partial charge in [0, 0.05) is 24.4 Å². The monoisotopic (exact) mass is 339 g/mol. The molecule has 0 spiro atoms. The first-order chi connectivity index (χ1) is 11.0. The van der Waals surface area contributed by atoms with Crippen molar-refractivity contribution in [3.05, 3.63) is 21.9 Å². The van der Waals surface area contributed by atoms with Gasteiger partial charge in [-0.25, -0.2) is 0 Å². The van der Waals surface area contributed by atoms with Gasteiger partial charge in [-0.15, -0.1) is 11.3 Å². The Labute approximate surface area is 139 Å². The summed E-state index contributed by atoms with van der Waals surface area (Å²) in [5, 5.41) is 0. The molecule has 7 heteroatoms. The lowest BCUT2D eigenvalue weighted by Crippen LogP contribution is -2.46. The Morgan fingerprint density at radius 3 is 2.78 bits per heavy atom. The number of esters is 1. The van der Waals surface area contributed by atoms with Gasteiger partial charge in [-0.2, -0.15) is 0 Å². The van der Waals surface area contributed by atoms with Crippen LogP contribution in [0, 0.1) is 6.92 Å².